The number of carbonyl (C=O) groups is 3. The van der Waals surface area contributed by atoms with Gasteiger partial charge in [0.05, 0.1) is 0 Å². The van der Waals surface area contributed by atoms with Crippen LogP contribution in [0.3, 0.4) is 0 Å². The van der Waals surface area contributed by atoms with E-state index >= 15 is 0 Å². The van der Waals surface area contributed by atoms with Crippen molar-refractivity contribution in [1.82, 2.24) is 0 Å². The summed E-state index contributed by atoms with van der Waals surface area (Å²) < 4.78 is 16.8. The highest BCUT2D eigenvalue weighted by molar-refractivity contribution is 5.71. The molecule has 1 unspecified atom stereocenters. The van der Waals surface area contributed by atoms with Crippen molar-refractivity contribution in [2.45, 2.75) is 226 Å². The van der Waals surface area contributed by atoms with Crippen molar-refractivity contribution in [2.75, 3.05) is 13.2 Å². The molecule has 0 fully saturated rings. The van der Waals surface area contributed by atoms with Crippen LogP contribution in [0.4, 0.5) is 0 Å². The Labute approximate surface area is 417 Å². The second kappa shape index (κ2) is 55.1. The summed E-state index contributed by atoms with van der Waals surface area (Å²) in [7, 11) is 0. The predicted octanol–water partition coefficient (Wildman–Crippen LogP) is 18.3. The highest BCUT2D eigenvalue weighted by atomic mass is 16.6. The van der Waals surface area contributed by atoms with Crippen molar-refractivity contribution in [2.24, 2.45) is 0 Å². The van der Waals surface area contributed by atoms with E-state index in [1.165, 1.54) is 19.3 Å². The summed E-state index contributed by atoms with van der Waals surface area (Å²) in [6, 6.07) is 0. The molecule has 0 aliphatic rings. The number of esters is 3. The average molecular weight is 939 g/mol. The fourth-order valence-electron chi connectivity index (χ4n) is 6.83. The monoisotopic (exact) mass is 939 g/mol. The lowest BCUT2D eigenvalue weighted by Gasteiger charge is -2.18. The minimum atomic E-state index is -0.816. The number of hydrogen-bond donors (Lipinski definition) is 0. The average Bonchev–Trinajstić information content (AvgIpc) is 3.34. The van der Waals surface area contributed by atoms with Crippen molar-refractivity contribution in [1.29, 1.82) is 0 Å². The fraction of sp³-hybridized carbons (Fsp3) is 0.597. The quantitative estimate of drug-likeness (QED) is 0.0262. The van der Waals surface area contributed by atoms with Gasteiger partial charge in [0.2, 0.25) is 0 Å². The van der Waals surface area contributed by atoms with Gasteiger partial charge in [0, 0.05) is 19.3 Å². The first-order valence-corrected chi connectivity index (χ1v) is 27.2. The molecule has 0 N–H and O–H groups in total. The Kier molecular flexibility index (Phi) is 51.5. The van der Waals surface area contributed by atoms with Crippen LogP contribution in [0.2, 0.25) is 0 Å². The van der Waals surface area contributed by atoms with E-state index in [4.69, 9.17) is 14.2 Å². The third kappa shape index (κ3) is 52.5. The molecule has 0 bridgehead atoms. The molecule has 0 aliphatic heterocycles. The molecular weight excluding hydrogens is 841 g/mol. The molecule has 382 valence electrons. The maximum Gasteiger partial charge on any atom is 0.306 e. The van der Waals surface area contributed by atoms with Crippen molar-refractivity contribution >= 4 is 17.9 Å². The molecule has 0 heterocycles. The van der Waals surface area contributed by atoms with Crippen LogP contribution in [0.25, 0.3) is 0 Å². The Balaban J connectivity index is 4.53. The molecule has 0 saturated heterocycles. The molecule has 0 amide bonds. The first-order chi connectivity index (χ1) is 33.5. The van der Waals surface area contributed by atoms with Crippen LogP contribution in [-0.4, -0.2) is 37.2 Å². The van der Waals surface area contributed by atoms with E-state index in [1.807, 2.05) is 0 Å². The maximum absolute atomic E-state index is 12.8. The van der Waals surface area contributed by atoms with Crippen LogP contribution in [0.15, 0.2) is 134 Å². The van der Waals surface area contributed by atoms with Crippen LogP contribution in [-0.2, 0) is 28.6 Å². The van der Waals surface area contributed by atoms with Gasteiger partial charge in [-0.3, -0.25) is 14.4 Å². The van der Waals surface area contributed by atoms with Gasteiger partial charge in [-0.25, -0.2) is 0 Å². The van der Waals surface area contributed by atoms with Gasteiger partial charge in [0.1, 0.15) is 13.2 Å². The van der Waals surface area contributed by atoms with Crippen LogP contribution in [0, 0.1) is 0 Å². The van der Waals surface area contributed by atoms with E-state index in [9.17, 15) is 14.4 Å². The van der Waals surface area contributed by atoms with Crippen LogP contribution < -0.4 is 0 Å². The van der Waals surface area contributed by atoms with Crippen LogP contribution in [0.1, 0.15) is 220 Å². The summed E-state index contributed by atoms with van der Waals surface area (Å²) in [4.78, 5) is 38.1. The van der Waals surface area contributed by atoms with Gasteiger partial charge in [0.25, 0.3) is 0 Å². The zero-order chi connectivity index (χ0) is 49.3. The number of rotatable bonds is 47. The standard InChI is InChI=1S/C62H98O6/c1-4-7-10-13-16-19-22-25-28-29-30-31-32-33-35-37-40-43-46-49-52-55-61(64)67-58-59(57-66-60(63)54-51-48-45-42-39-36-27-24-21-18-15-12-9-6-3)68-62(65)56-53-50-47-44-41-38-34-26-23-20-17-14-11-8-5-2/h7-8,10-11,15-20,24-28,30-31,33-35,40,43,59H,4-6,9,12-14,21-23,29,32,36-39,41-42,44-58H2,1-3H3/b10-7-,11-8-,18-15-,19-16-,20-17-,27-24-,28-25-,31-30-,34-26-,35-33-,43-40-. The Morgan fingerprint density at radius 2 is 0.574 bits per heavy atom. The lowest BCUT2D eigenvalue weighted by molar-refractivity contribution is -0.167. The van der Waals surface area contributed by atoms with E-state index in [0.29, 0.717) is 25.7 Å². The number of unbranched alkanes of at least 4 members (excludes halogenated alkanes) is 14. The fourth-order valence-corrected chi connectivity index (χ4v) is 6.83. The summed E-state index contributed by atoms with van der Waals surface area (Å²) in [5.41, 5.74) is 0. The molecule has 0 saturated carbocycles. The van der Waals surface area contributed by atoms with Crippen molar-refractivity contribution < 1.29 is 28.6 Å². The smallest absolute Gasteiger partial charge is 0.306 e. The normalized spacial score (nSPS) is 13.2. The summed E-state index contributed by atoms with van der Waals surface area (Å²) in [5.74, 6) is -0.994. The van der Waals surface area contributed by atoms with E-state index in [-0.39, 0.29) is 31.1 Å². The first-order valence-electron chi connectivity index (χ1n) is 27.2. The Morgan fingerprint density at radius 3 is 0.926 bits per heavy atom. The lowest BCUT2D eigenvalue weighted by Crippen LogP contribution is -2.30. The van der Waals surface area contributed by atoms with Gasteiger partial charge in [-0.05, 0) is 128 Å². The highest BCUT2D eigenvalue weighted by Crippen LogP contribution is 2.12. The van der Waals surface area contributed by atoms with Gasteiger partial charge in [0.15, 0.2) is 6.10 Å². The molecule has 0 radical (unpaired) electrons. The summed E-state index contributed by atoms with van der Waals surface area (Å²) in [6.45, 7) is 6.29. The minimum Gasteiger partial charge on any atom is -0.462 e. The minimum absolute atomic E-state index is 0.111. The van der Waals surface area contributed by atoms with Gasteiger partial charge in [-0.2, -0.15) is 0 Å². The molecule has 0 rings (SSSR count). The molecule has 0 aliphatic carbocycles. The summed E-state index contributed by atoms with van der Waals surface area (Å²) in [6.07, 6.45) is 77.2. The third-order valence-electron chi connectivity index (χ3n) is 10.9. The molecule has 0 aromatic carbocycles. The van der Waals surface area contributed by atoms with Crippen molar-refractivity contribution in [3.63, 3.8) is 0 Å². The first kappa shape index (κ1) is 63.5. The SMILES string of the molecule is CC/C=C\C/C=C\C/C=C\C/C=C\C/C=C\C/C=C\CCCCC(=O)OCC(COC(=O)CCCCCCC/C=C\C/C=C\CCCC)OC(=O)CCCCCCC/C=C\C/C=C\C/C=C\CC. The van der Waals surface area contributed by atoms with E-state index in [2.05, 4.69) is 154 Å². The van der Waals surface area contributed by atoms with Crippen molar-refractivity contribution in [3.05, 3.63) is 134 Å². The maximum atomic E-state index is 12.8. The Hall–Kier alpha value is -4.45. The molecule has 0 aromatic heterocycles. The molecule has 6 heteroatoms. The van der Waals surface area contributed by atoms with E-state index in [0.717, 1.165) is 154 Å². The van der Waals surface area contributed by atoms with Gasteiger partial charge >= 0.3 is 17.9 Å². The topological polar surface area (TPSA) is 78.9 Å². The molecule has 0 aromatic rings. The number of carbonyl (C=O) groups excluding carboxylic acids is 3. The molecular formula is C62H98O6. The van der Waals surface area contributed by atoms with Gasteiger partial charge in [-0.15, -0.1) is 0 Å². The lowest BCUT2D eigenvalue weighted by atomic mass is 10.1. The second-order valence-electron chi connectivity index (χ2n) is 17.4. The zero-order valence-electron chi connectivity index (χ0n) is 43.6. The molecule has 0 spiro atoms. The molecule has 68 heavy (non-hydrogen) atoms. The third-order valence-corrected chi connectivity index (χ3v) is 10.9. The second-order valence-corrected chi connectivity index (χ2v) is 17.4. The largest absolute Gasteiger partial charge is 0.462 e. The predicted molar refractivity (Wildman–Crippen MR) is 292 cm³/mol. The number of allylic oxidation sites excluding steroid dienone is 22. The van der Waals surface area contributed by atoms with Gasteiger partial charge in [-0.1, -0.05) is 206 Å². The Bertz CT molecular complexity index is 1500. The zero-order valence-corrected chi connectivity index (χ0v) is 43.6. The molecule has 6 nitrogen and oxygen atoms in total. The van der Waals surface area contributed by atoms with E-state index in [1.54, 1.807) is 0 Å². The van der Waals surface area contributed by atoms with Crippen LogP contribution >= 0.6 is 0 Å². The van der Waals surface area contributed by atoms with Gasteiger partial charge < -0.3 is 14.2 Å². The number of hydrogen-bond acceptors (Lipinski definition) is 6. The number of ether oxygens (including phenoxy) is 3. The van der Waals surface area contributed by atoms with Crippen LogP contribution in [0.5, 0.6) is 0 Å². The molecule has 1 atom stereocenters. The summed E-state index contributed by atoms with van der Waals surface area (Å²) in [5, 5.41) is 0. The Morgan fingerprint density at radius 1 is 0.309 bits per heavy atom. The summed E-state index contributed by atoms with van der Waals surface area (Å²) >= 11 is 0. The highest BCUT2D eigenvalue weighted by Gasteiger charge is 2.19. The van der Waals surface area contributed by atoms with Crippen molar-refractivity contribution in [3.8, 4) is 0 Å². The van der Waals surface area contributed by atoms with E-state index < -0.39 is 6.10 Å².